The topological polar surface area (TPSA) is 23.8 Å². The zero-order chi connectivity index (χ0) is 7.56. The van der Waals surface area contributed by atoms with Crippen LogP contribution in [0.3, 0.4) is 0 Å². The predicted molar refractivity (Wildman–Crippen MR) is 43.1 cm³/mol. The molecule has 0 saturated heterocycles. The van der Waals surface area contributed by atoms with E-state index < -0.39 is 0 Å². The van der Waals surface area contributed by atoms with Crippen LogP contribution in [0.2, 0.25) is 0 Å². The van der Waals surface area contributed by atoms with Crippen molar-refractivity contribution in [2.75, 3.05) is 0 Å². The van der Waals surface area contributed by atoms with Crippen LogP contribution in [0, 0.1) is 18.3 Å². The number of nitrogens with zero attached hydrogens (tertiary/aromatic N) is 1. The normalized spacial score (nSPS) is 9.30. The van der Waals surface area contributed by atoms with Crippen LogP contribution in [0.4, 0.5) is 0 Å². The number of hydrogen-bond donors (Lipinski definition) is 0. The maximum absolute atomic E-state index is 8.59. The maximum atomic E-state index is 8.59. The molecule has 1 rings (SSSR count). The molecule has 0 atom stereocenters. The van der Waals surface area contributed by atoms with Crippen molar-refractivity contribution in [1.82, 2.24) is 0 Å². The lowest BCUT2D eigenvalue weighted by molar-refractivity contribution is 1.13. The molecule has 1 nitrogen and oxygen atoms in total. The fourth-order valence-electron chi connectivity index (χ4n) is 0.911. The van der Waals surface area contributed by atoms with Crippen LogP contribution in [0.25, 0.3) is 0 Å². The van der Waals surface area contributed by atoms with Gasteiger partial charge in [-0.15, -0.1) is 11.3 Å². The summed E-state index contributed by atoms with van der Waals surface area (Å²) in [5, 5.41) is 10.7. The van der Waals surface area contributed by atoms with Crippen molar-refractivity contribution in [3.05, 3.63) is 21.4 Å². The molecule has 1 heterocycles. The van der Waals surface area contributed by atoms with E-state index in [1.165, 1.54) is 16.9 Å². The third kappa shape index (κ3) is 1.05. The molecule has 0 bridgehead atoms. The Hall–Kier alpha value is -0.810. The maximum Gasteiger partial charge on any atom is 0.110 e. The number of hydrogen-bond acceptors (Lipinski definition) is 2. The van der Waals surface area contributed by atoms with E-state index in [9.17, 15) is 0 Å². The van der Waals surface area contributed by atoms with Crippen molar-refractivity contribution in [3.63, 3.8) is 0 Å². The van der Waals surface area contributed by atoms with Gasteiger partial charge in [0, 0.05) is 0 Å². The van der Waals surface area contributed by atoms with E-state index >= 15 is 0 Å². The molecule has 0 amide bonds. The highest BCUT2D eigenvalue weighted by Gasteiger charge is 2.03. The highest BCUT2D eigenvalue weighted by Crippen LogP contribution is 2.20. The Morgan fingerprint density at radius 3 is 2.70 bits per heavy atom. The Kier molecular flexibility index (Phi) is 2.08. The molecular weight excluding hydrogens is 142 g/mol. The van der Waals surface area contributed by atoms with Gasteiger partial charge in [-0.1, -0.05) is 6.92 Å². The van der Waals surface area contributed by atoms with E-state index in [1.807, 2.05) is 6.92 Å². The molecule has 0 unspecified atom stereocenters. The third-order valence-corrected chi connectivity index (χ3v) is 2.66. The number of aryl methyl sites for hydroxylation is 1. The average Bonchev–Trinajstić information content (AvgIpc) is 2.30. The third-order valence-electron chi connectivity index (χ3n) is 1.62. The SMILES string of the molecule is CCc1csc(C#N)c1C. The summed E-state index contributed by atoms with van der Waals surface area (Å²) in [6.45, 7) is 4.12. The first-order valence-electron chi connectivity index (χ1n) is 3.26. The summed E-state index contributed by atoms with van der Waals surface area (Å²) in [5.74, 6) is 0. The smallest absolute Gasteiger partial charge is 0.110 e. The molecular formula is C8H9NS. The molecule has 1 aromatic rings. The predicted octanol–water partition coefficient (Wildman–Crippen LogP) is 2.49. The van der Waals surface area contributed by atoms with Gasteiger partial charge in [0.05, 0.1) is 0 Å². The Morgan fingerprint density at radius 1 is 1.70 bits per heavy atom. The van der Waals surface area contributed by atoms with Gasteiger partial charge in [-0.25, -0.2) is 0 Å². The number of nitriles is 1. The van der Waals surface area contributed by atoms with Crippen LogP contribution >= 0.6 is 11.3 Å². The standard InChI is InChI=1S/C8H9NS/c1-3-7-5-10-8(4-9)6(7)2/h5H,3H2,1-2H3. The summed E-state index contributed by atoms with van der Waals surface area (Å²) >= 11 is 1.54. The van der Waals surface area contributed by atoms with Gasteiger partial charge >= 0.3 is 0 Å². The van der Waals surface area contributed by atoms with Crippen LogP contribution in [-0.4, -0.2) is 0 Å². The first-order valence-corrected chi connectivity index (χ1v) is 4.14. The van der Waals surface area contributed by atoms with Crippen LogP contribution in [0.5, 0.6) is 0 Å². The second kappa shape index (κ2) is 2.85. The molecule has 0 fully saturated rings. The lowest BCUT2D eigenvalue weighted by Crippen LogP contribution is -1.79. The van der Waals surface area contributed by atoms with Crippen LogP contribution in [0.15, 0.2) is 5.38 Å². The molecule has 0 saturated carbocycles. The highest BCUT2D eigenvalue weighted by molar-refractivity contribution is 7.10. The first-order chi connectivity index (χ1) is 4.79. The fourth-order valence-corrected chi connectivity index (χ4v) is 1.88. The summed E-state index contributed by atoms with van der Waals surface area (Å²) in [6, 6.07) is 2.17. The quantitative estimate of drug-likeness (QED) is 0.605. The largest absolute Gasteiger partial charge is 0.192 e. The van der Waals surface area contributed by atoms with Crippen LogP contribution in [-0.2, 0) is 6.42 Å². The van der Waals surface area contributed by atoms with Crippen molar-refractivity contribution in [2.45, 2.75) is 20.3 Å². The molecule has 52 valence electrons. The average molecular weight is 151 g/mol. The second-order valence-corrected chi connectivity index (χ2v) is 3.06. The Morgan fingerprint density at radius 2 is 2.40 bits per heavy atom. The minimum absolute atomic E-state index is 0.858. The van der Waals surface area contributed by atoms with Gasteiger partial charge in [0.25, 0.3) is 0 Å². The molecule has 0 radical (unpaired) electrons. The van der Waals surface area contributed by atoms with Crippen LogP contribution in [0.1, 0.15) is 22.9 Å². The fraction of sp³-hybridized carbons (Fsp3) is 0.375. The lowest BCUT2D eigenvalue weighted by atomic mass is 10.1. The monoisotopic (exact) mass is 151 g/mol. The molecule has 0 aliphatic heterocycles. The zero-order valence-electron chi connectivity index (χ0n) is 6.14. The van der Waals surface area contributed by atoms with Crippen molar-refractivity contribution in [3.8, 4) is 6.07 Å². The summed E-state index contributed by atoms with van der Waals surface area (Å²) in [5.41, 5.74) is 2.47. The van der Waals surface area contributed by atoms with Gasteiger partial charge in [-0.3, -0.25) is 0 Å². The Bertz CT molecular complexity index is 267. The number of thiophene rings is 1. The van der Waals surface area contributed by atoms with Crippen molar-refractivity contribution < 1.29 is 0 Å². The van der Waals surface area contributed by atoms with E-state index in [-0.39, 0.29) is 0 Å². The van der Waals surface area contributed by atoms with Crippen molar-refractivity contribution in [1.29, 1.82) is 5.26 Å². The highest BCUT2D eigenvalue weighted by atomic mass is 32.1. The summed E-state index contributed by atoms with van der Waals surface area (Å²) < 4.78 is 0. The van der Waals surface area contributed by atoms with E-state index in [0.29, 0.717) is 0 Å². The van der Waals surface area contributed by atoms with Gasteiger partial charge in [0.1, 0.15) is 10.9 Å². The molecule has 0 aliphatic rings. The van der Waals surface area contributed by atoms with Gasteiger partial charge in [0.15, 0.2) is 0 Å². The Labute approximate surface area is 64.9 Å². The van der Waals surface area contributed by atoms with Crippen molar-refractivity contribution >= 4 is 11.3 Å². The molecule has 0 aromatic carbocycles. The molecule has 0 aliphatic carbocycles. The molecule has 10 heavy (non-hydrogen) atoms. The summed E-state index contributed by atoms with van der Waals surface area (Å²) in [7, 11) is 0. The molecule has 0 spiro atoms. The van der Waals surface area contributed by atoms with Crippen molar-refractivity contribution in [2.24, 2.45) is 0 Å². The molecule has 1 aromatic heterocycles. The summed E-state index contributed by atoms with van der Waals surface area (Å²) in [6.07, 6.45) is 1.03. The first kappa shape index (κ1) is 7.30. The number of rotatable bonds is 1. The zero-order valence-corrected chi connectivity index (χ0v) is 6.96. The van der Waals surface area contributed by atoms with Crippen LogP contribution < -0.4 is 0 Å². The molecule has 0 N–H and O–H groups in total. The summed E-state index contributed by atoms with van der Waals surface area (Å²) in [4.78, 5) is 0.858. The van der Waals surface area contributed by atoms with E-state index in [1.54, 1.807) is 0 Å². The van der Waals surface area contributed by atoms with Gasteiger partial charge < -0.3 is 0 Å². The molecule has 2 heteroatoms. The van der Waals surface area contributed by atoms with E-state index in [2.05, 4.69) is 18.4 Å². The van der Waals surface area contributed by atoms with Gasteiger partial charge in [0.2, 0.25) is 0 Å². The van der Waals surface area contributed by atoms with Gasteiger partial charge in [-0.05, 0) is 29.9 Å². The minimum atomic E-state index is 0.858. The van der Waals surface area contributed by atoms with E-state index in [0.717, 1.165) is 16.9 Å². The second-order valence-electron chi connectivity index (χ2n) is 2.18. The lowest BCUT2D eigenvalue weighted by Gasteiger charge is -1.90. The Balaban J connectivity index is 3.12. The minimum Gasteiger partial charge on any atom is -0.192 e. The van der Waals surface area contributed by atoms with Gasteiger partial charge in [-0.2, -0.15) is 5.26 Å². The van der Waals surface area contributed by atoms with E-state index in [4.69, 9.17) is 5.26 Å².